The molecule has 1 N–H and O–H groups in total. The van der Waals surface area contributed by atoms with Gasteiger partial charge in [-0.2, -0.15) is 0 Å². The number of hydrogen-bond acceptors (Lipinski definition) is 5. The molecule has 0 aliphatic heterocycles. The van der Waals surface area contributed by atoms with Crippen LogP contribution in [0.1, 0.15) is 12.5 Å². The van der Waals surface area contributed by atoms with Crippen molar-refractivity contribution in [1.29, 1.82) is 0 Å². The number of esters is 1. The van der Waals surface area contributed by atoms with Crippen molar-refractivity contribution in [1.82, 2.24) is 0 Å². The topological polar surface area (TPSA) is 98.5 Å². The number of amides is 1. The summed E-state index contributed by atoms with van der Waals surface area (Å²) >= 11 is 9.23. The number of benzene rings is 2. The lowest BCUT2D eigenvalue weighted by atomic mass is 10.1. The van der Waals surface area contributed by atoms with Crippen LogP contribution in [0.2, 0.25) is 5.02 Å². The van der Waals surface area contributed by atoms with E-state index in [1.54, 1.807) is 24.3 Å². The standard InChI is InChI=1S/C17H14BrClN2O5/c1-10(26-16(22)8-11-2-4-12(18)5-3-11)17(23)20-15-9-13(21(24)25)6-7-14(15)19/h2-7,9-10H,8H2,1H3,(H,20,23). The summed E-state index contributed by atoms with van der Waals surface area (Å²) in [7, 11) is 0. The number of halogens is 2. The van der Waals surface area contributed by atoms with Crippen LogP contribution in [-0.4, -0.2) is 22.9 Å². The Morgan fingerprint density at radius 2 is 1.92 bits per heavy atom. The maximum absolute atomic E-state index is 12.2. The fraction of sp³-hybridized carbons (Fsp3) is 0.176. The smallest absolute Gasteiger partial charge is 0.311 e. The molecule has 0 saturated carbocycles. The third-order valence-corrected chi connectivity index (χ3v) is 4.22. The van der Waals surface area contributed by atoms with Crippen LogP contribution in [0, 0.1) is 10.1 Å². The van der Waals surface area contributed by atoms with Gasteiger partial charge in [-0.3, -0.25) is 19.7 Å². The molecule has 0 heterocycles. The first-order valence-electron chi connectivity index (χ1n) is 7.45. The third kappa shape index (κ3) is 5.53. The maximum atomic E-state index is 12.2. The number of ether oxygens (including phenoxy) is 1. The summed E-state index contributed by atoms with van der Waals surface area (Å²) < 4.78 is 5.98. The van der Waals surface area contributed by atoms with Crippen LogP contribution >= 0.6 is 27.5 Å². The van der Waals surface area contributed by atoms with Crippen LogP contribution in [-0.2, 0) is 20.7 Å². The van der Waals surface area contributed by atoms with Gasteiger partial charge in [-0.25, -0.2) is 0 Å². The number of nitro benzene ring substituents is 1. The Morgan fingerprint density at radius 1 is 1.27 bits per heavy atom. The summed E-state index contributed by atoms with van der Waals surface area (Å²) in [6.07, 6.45) is -1.07. The number of anilines is 1. The Morgan fingerprint density at radius 3 is 2.54 bits per heavy atom. The van der Waals surface area contributed by atoms with Gasteiger partial charge >= 0.3 is 5.97 Å². The van der Waals surface area contributed by atoms with Gasteiger partial charge in [-0.05, 0) is 30.7 Å². The van der Waals surface area contributed by atoms with Gasteiger partial charge in [0.05, 0.1) is 22.1 Å². The molecule has 1 amide bonds. The second kappa shape index (κ2) is 8.77. The highest BCUT2D eigenvalue weighted by molar-refractivity contribution is 9.10. The summed E-state index contributed by atoms with van der Waals surface area (Å²) in [5, 5.41) is 13.4. The van der Waals surface area contributed by atoms with E-state index in [4.69, 9.17) is 16.3 Å². The second-order valence-electron chi connectivity index (χ2n) is 5.35. The number of nitro groups is 1. The average molecular weight is 442 g/mol. The van der Waals surface area contributed by atoms with Gasteiger partial charge < -0.3 is 10.1 Å². The Kier molecular flexibility index (Phi) is 6.70. The van der Waals surface area contributed by atoms with Gasteiger partial charge in [0.15, 0.2) is 6.10 Å². The molecule has 1 atom stereocenters. The molecular formula is C17H14BrClN2O5. The minimum atomic E-state index is -1.09. The highest BCUT2D eigenvalue weighted by atomic mass is 79.9. The Hall–Kier alpha value is -2.45. The number of hydrogen-bond donors (Lipinski definition) is 1. The average Bonchev–Trinajstić information content (AvgIpc) is 2.58. The van der Waals surface area contributed by atoms with Gasteiger partial charge in [-0.15, -0.1) is 0 Å². The zero-order chi connectivity index (χ0) is 19.3. The van der Waals surface area contributed by atoms with Crippen molar-refractivity contribution in [2.24, 2.45) is 0 Å². The first-order valence-corrected chi connectivity index (χ1v) is 8.62. The van der Waals surface area contributed by atoms with Crippen LogP contribution in [0.15, 0.2) is 46.9 Å². The molecule has 0 radical (unpaired) electrons. The fourth-order valence-corrected chi connectivity index (χ4v) is 2.45. The van der Waals surface area contributed by atoms with E-state index in [1.807, 2.05) is 0 Å². The van der Waals surface area contributed by atoms with Crippen molar-refractivity contribution in [2.45, 2.75) is 19.4 Å². The highest BCUT2D eigenvalue weighted by Crippen LogP contribution is 2.26. The lowest BCUT2D eigenvalue weighted by molar-refractivity contribution is -0.384. The van der Waals surface area contributed by atoms with Crippen molar-refractivity contribution < 1.29 is 19.2 Å². The minimum Gasteiger partial charge on any atom is -0.452 e. The number of carbonyl (C=O) groups excluding carboxylic acids is 2. The molecule has 2 aromatic rings. The fourth-order valence-electron chi connectivity index (χ4n) is 2.02. The van der Waals surface area contributed by atoms with E-state index in [0.717, 1.165) is 16.1 Å². The number of nitrogens with zero attached hydrogens (tertiary/aromatic N) is 1. The lowest BCUT2D eigenvalue weighted by Crippen LogP contribution is -2.30. The van der Waals surface area contributed by atoms with Gasteiger partial charge in [-0.1, -0.05) is 39.7 Å². The van der Waals surface area contributed by atoms with Crippen LogP contribution in [0.5, 0.6) is 0 Å². The number of rotatable bonds is 6. The zero-order valence-corrected chi connectivity index (χ0v) is 15.9. The summed E-state index contributed by atoms with van der Waals surface area (Å²) in [5.74, 6) is -1.21. The predicted octanol–water partition coefficient (Wildman–Crippen LogP) is 4.12. The first-order chi connectivity index (χ1) is 12.3. The SMILES string of the molecule is CC(OC(=O)Cc1ccc(Br)cc1)C(=O)Nc1cc([N+](=O)[O-])ccc1Cl. The van der Waals surface area contributed by atoms with E-state index < -0.39 is 22.9 Å². The predicted molar refractivity (Wildman–Crippen MR) is 100 cm³/mol. The van der Waals surface area contributed by atoms with E-state index in [-0.39, 0.29) is 22.8 Å². The van der Waals surface area contributed by atoms with Gasteiger partial charge in [0.2, 0.25) is 0 Å². The molecule has 1 unspecified atom stereocenters. The lowest BCUT2D eigenvalue weighted by Gasteiger charge is -2.14. The third-order valence-electron chi connectivity index (χ3n) is 3.36. The van der Waals surface area contributed by atoms with Crippen molar-refractivity contribution in [3.63, 3.8) is 0 Å². The van der Waals surface area contributed by atoms with Crippen molar-refractivity contribution in [3.05, 3.63) is 67.6 Å². The van der Waals surface area contributed by atoms with Crippen molar-refractivity contribution in [2.75, 3.05) is 5.32 Å². The molecule has 136 valence electrons. The molecular weight excluding hydrogens is 428 g/mol. The quantitative estimate of drug-likeness (QED) is 0.413. The van der Waals surface area contributed by atoms with Crippen LogP contribution < -0.4 is 5.32 Å². The summed E-state index contributed by atoms with van der Waals surface area (Å²) in [5.41, 5.74) is 0.596. The van der Waals surface area contributed by atoms with Crippen LogP contribution in [0.3, 0.4) is 0 Å². The first kappa shape index (κ1) is 19.9. The van der Waals surface area contributed by atoms with E-state index >= 15 is 0 Å². The molecule has 2 aromatic carbocycles. The number of non-ortho nitro benzene ring substituents is 1. The minimum absolute atomic E-state index is 0.0163. The molecule has 0 saturated heterocycles. The molecule has 0 aromatic heterocycles. The maximum Gasteiger partial charge on any atom is 0.311 e. The van der Waals surface area contributed by atoms with Crippen LogP contribution in [0.25, 0.3) is 0 Å². The number of carbonyl (C=O) groups is 2. The van der Waals surface area contributed by atoms with E-state index in [9.17, 15) is 19.7 Å². The zero-order valence-electron chi connectivity index (χ0n) is 13.6. The van der Waals surface area contributed by atoms with Crippen molar-refractivity contribution in [3.8, 4) is 0 Å². The molecule has 0 fully saturated rings. The molecule has 0 aliphatic carbocycles. The monoisotopic (exact) mass is 440 g/mol. The van der Waals surface area contributed by atoms with Crippen molar-refractivity contribution >= 4 is 50.8 Å². The van der Waals surface area contributed by atoms with Gasteiger partial charge in [0.1, 0.15) is 0 Å². The number of nitrogens with one attached hydrogen (secondary N) is 1. The van der Waals surface area contributed by atoms with Gasteiger partial charge in [0.25, 0.3) is 11.6 Å². The molecule has 0 spiro atoms. The Balaban J connectivity index is 1.97. The summed E-state index contributed by atoms with van der Waals surface area (Å²) in [4.78, 5) is 34.3. The molecule has 7 nitrogen and oxygen atoms in total. The second-order valence-corrected chi connectivity index (χ2v) is 6.67. The van der Waals surface area contributed by atoms with E-state index in [1.165, 1.54) is 19.1 Å². The molecule has 0 aliphatic rings. The molecule has 26 heavy (non-hydrogen) atoms. The summed E-state index contributed by atoms with van der Waals surface area (Å²) in [6, 6.07) is 10.8. The molecule has 2 rings (SSSR count). The van der Waals surface area contributed by atoms with Gasteiger partial charge in [0, 0.05) is 16.6 Å². The van der Waals surface area contributed by atoms with E-state index in [2.05, 4.69) is 21.2 Å². The highest BCUT2D eigenvalue weighted by Gasteiger charge is 2.20. The van der Waals surface area contributed by atoms with Crippen LogP contribution in [0.4, 0.5) is 11.4 Å². The Bertz CT molecular complexity index is 842. The molecule has 0 bridgehead atoms. The normalized spacial score (nSPS) is 11.5. The summed E-state index contributed by atoms with van der Waals surface area (Å²) in [6.45, 7) is 1.40. The Labute approximate surface area is 162 Å². The largest absolute Gasteiger partial charge is 0.452 e. The van der Waals surface area contributed by atoms with E-state index in [0.29, 0.717) is 0 Å². The molecule has 9 heteroatoms.